The summed E-state index contributed by atoms with van der Waals surface area (Å²) in [6.45, 7) is 0. The van der Waals surface area contributed by atoms with Gasteiger partial charge in [0.15, 0.2) is 0 Å². The van der Waals surface area contributed by atoms with E-state index >= 15 is 0 Å². The van der Waals surface area contributed by atoms with Crippen molar-refractivity contribution in [1.82, 2.24) is 0 Å². The fourth-order valence-electron chi connectivity index (χ4n) is 1.72. The summed E-state index contributed by atoms with van der Waals surface area (Å²) in [5, 5.41) is 0.0243. The van der Waals surface area contributed by atoms with Crippen LogP contribution >= 0.6 is 11.6 Å². The summed E-state index contributed by atoms with van der Waals surface area (Å²) in [5.41, 5.74) is 11.4. The molecule has 6 nitrogen and oxygen atoms in total. The van der Waals surface area contributed by atoms with Gasteiger partial charge in [0.1, 0.15) is 4.90 Å². The summed E-state index contributed by atoms with van der Waals surface area (Å²) in [6, 6.07) is 10.1. The first kappa shape index (κ1) is 15.1. The average molecular weight is 326 g/mol. The van der Waals surface area contributed by atoms with Crippen molar-refractivity contribution in [3.05, 3.63) is 53.1 Å². The molecule has 0 fully saturated rings. The number of amides is 1. The van der Waals surface area contributed by atoms with Gasteiger partial charge in [-0.25, -0.2) is 8.42 Å². The van der Waals surface area contributed by atoms with Crippen molar-refractivity contribution in [2.24, 2.45) is 5.73 Å². The van der Waals surface area contributed by atoms with Crippen LogP contribution in [0.3, 0.4) is 0 Å². The maximum absolute atomic E-state index is 12.3. The lowest BCUT2D eigenvalue weighted by Crippen LogP contribution is -2.16. The molecular formula is C13H12ClN3O3S. The van der Waals surface area contributed by atoms with Gasteiger partial charge in [-0.1, -0.05) is 17.7 Å². The Hall–Kier alpha value is -2.25. The van der Waals surface area contributed by atoms with Gasteiger partial charge in [-0.2, -0.15) is 0 Å². The molecule has 0 heterocycles. The van der Waals surface area contributed by atoms with Crippen LogP contribution < -0.4 is 16.2 Å². The molecule has 21 heavy (non-hydrogen) atoms. The molecule has 0 aromatic heterocycles. The molecule has 0 saturated heterocycles. The number of benzene rings is 2. The molecule has 0 bridgehead atoms. The van der Waals surface area contributed by atoms with E-state index < -0.39 is 15.9 Å². The minimum absolute atomic E-state index is 0.0243. The van der Waals surface area contributed by atoms with Crippen molar-refractivity contribution < 1.29 is 13.2 Å². The Labute approximate surface area is 126 Å². The highest BCUT2D eigenvalue weighted by Crippen LogP contribution is 2.28. The van der Waals surface area contributed by atoms with E-state index in [4.69, 9.17) is 23.1 Å². The molecule has 5 N–H and O–H groups in total. The molecule has 0 unspecified atom stereocenters. The predicted octanol–water partition coefficient (Wildman–Crippen LogP) is 1.82. The van der Waals surface area contributed by atoms with Gasteiger partial charge in [-0.15, -0.1) is 0 Å². The lowest BCUT2D eigenvalue weighted by atomic mass is 10.2. The van der Waals surface area contributed by atoms with Crippen LogP contribution in [-0.2, 0) is 10.0 Å². The summed E-state index contributed by atoms with van der Waals surface area (Å²) in [5.74, 6) is -0.597. The largest absolute Gasteiger partial charge is 0.398 e. The van der Waals surface area contributed by atoms with E-state index in [-0.39, 0.29) is 26.9 Å². The second-order valence-corrected chi connectivity index (χ2v) is 6.23. The van der Waals surface area contributed by atoms with Crippen LogP contribution in [0.25, 0.3) is 0 Å². The highest BCUT2D eigenvalue weighted by atomic mass is 35.5. The van der Waals surface area contributed by atoms with E-state index in [2.05, 4.69) is 4.72 Å². The molecule has 0 aliphatic carbocycles. The molecule has 0 saturated carbocycles. The van der Waals surface area contributed by atoms with Crippen LogP contribution in [0.2, 0.25) is 5.02 Å². The molecule has 110 valence electrons. The summed E-state index contributed by atoms with van der Waals surface area (Å²) < 4.78 is 26.9. The monoisotopic (exact) mass is 325 g/mol. The van der Waals surface area contributed by atoms with E-state index in [1.54, 1.807) is 6.07 Å². The highest BCUT2D eigenvalue weighted by molar-refractivity contribution is 7.93. The molecular weight excluding hydrogens is 314 g/mol. The highest BCUT2D eigenvalue weighted by Gasteiger charge is 2.21. The second kappa shape index (κ2) is 5.63. The van der Waals surface area contributed by atoms with Crippen LogP contribution in [-0.4, -0.2) is 14.3 Å². The maximum atomic E-state index is 12.3. The van der Waals surface area contributed by atoms with E-state index in [0.29, 0.717) is 0 Å². The van der Waals surface area contributed by atoms with Gasteiger partial charge in [0, 0.05) is 11.3 Å². The summed E-state index contributed by atoms with van der Waals surface area (Å²) >= 11 is 5.89. The number of rotatable bonds is 4. The van der Waals surface area contributed by atoms with Gasteiger partial charge in [-0.3, -0.25) is 9.52 Å². The second-order valence-electron chi connectivity index (χ2n) is 4.21. The number of hydrogen-bond acceptors (Lipinski definition) is 4. The van der Waals surface area contributed by atoms with Crippen LogP contribution in [0.1, 0.15) is 10.4 Å². The summed E-state index contributed by atoms with van der Waals surface area (Å²) in [6.07, 6.45) is 0. The SMILES string of the molecule is NC(=O)c1ccc(NS(=O)(=O)c2c(N)cccc2Cl)cc1. The van der Waals surface area contributed by atoms with Crippen molar-refractivity contribution in [3.8, 4) is 0 Å². The fourth-order valence-corrected chi connectivity index (χ4v) is 3.46. The van der Waals surface area contributed by atoms with Crippen molar-refractivity contribution in [2.45, 2.75) is 4.90 Å². The number of nitrogen functional groups attached to an aromatic ring is 1. The zero-order valence-corrected chi connectivity index (χ0v) is 12.3. The number of carbonyl (C=O) groups is 1. The van der Waals surface area contributed by atoms with E-state index in [1.807, 2.05) is 0 Å². The van der Waals surface area contributed by atoms with E-state index in [1.165, 1.54) is 36.4 Å². The predicted molar refractivity (Wildman–Crippen MR) is 81.6 cm³/mol. The lowest BCUT2D eigenvalue weighted by Gasteiger charge is -2.11. The van der Waals surface area contributed by atoms with Gasteiger partial charge in [0.2, 0.25) is 5.91 Å². The Morgan fingerprint density at radius 3 is 2.24 bits per heavy atom. The fraction of sp³-hybridized carbons (Fsp3) is 0. The van der Waals surface area contributed by atoms with Gasteiger partial charge in [0.25, 0.3) is 10.0 Å². The zero-order valence-electron chi connectivity index (χ0n) is 10.7. The third kappa shape index (κ3) is 3.26. The van der Waals surface area contributed by atoms with Crippen LogP contribution in [0.4, 0.5) is 11.4 Å². The standard InChI is InChI=1S/C13H12ClN3O3S/c14-10-2-1-3-11(15)12(10)21(19,20)17-9-6-4-8(5-7-9)13(16)18/h1-7,17H,15H2,(H2,16,18). The third-order valence-corrected chi connectivity index (χ3v) is 4.61. The van der Waals surface area contributed by atoms with Crippen molar-refractivity contribution in [2.75, 3.05) is 10.5 Å². The Morgan fingerprint density at radius 2 is 1.71 bits per heavy atom. The van der Waals surface area contributed by atoms with Gasteiger partial charge >= 0.3 is 0 Å². The topological polar surface area (TPSA) is 115 Å². The van der Waals surface area contributed by atoms with Gasteiger partial charge in [0.05, 0.1) is 10.7 Å². The summed E-state index contributed by atoms with van der Waals surface area (Å²) in [7, 11) is -3.93. The molecule has 8 heteroatoms. The van der Waals surface area contributed by atoms with Crippen molar-refractivity contribution in [3.63, 3.8) is 0 Å². The zero-order chi connectivity index (χ0) is 15.6. The van der Waals surface area contributed by atoms with Crippen molar-refractivity contribution >= 4 is 38.9 Å². The third-order valence-electron chi connectivity index (χ3n) is 2.69. The molecule has 2 aromatic rings. The first-order valence-corrected chi connectivity index (χ1v) is 7.64. The number of sulfonamides is 1. The molecule has 0 aliphatic rings. The number of nitrogens with one attached hydrogen (secondary N) is 1. The number of anilines is 2. The number of carbonyl (C=O) groups excluding carboxylic acids is 1. The minimum atomic E-state index is -3.93. The van der Waals surface area contributed by atoms with Gasteiger partial charge < -0.3 is 11.5 Å². The number of hydrogen-bond donors (Lipinski definition) is 3. The lowest BCUT2D eigenvalue weighted by molar-refractivity contribution is 0.100. The van der Waals surface area contributed by atoms with Crippen LogP contribution in [0.5, 0.6) is 0 Å². The van der Waals surface area contributed by atoms with Crippen LogP contribution in [0, 0.1) is 0 Å². The molecule has 0 spiro atoms. The normalized spacial score (nSPS) is 11.1. The number of nitrogens with two attached hydrogens (primary N) is 2. The van der Waals surface area contributed by atoms with Crippen LogP contribution in [0.15, 0.2) is 47.4 Å². The first-order valence-electron chi connectivity index (χ1n) is 5.78. The number of primary amides is 1. The quantitative estimate of drug-likeness (QED) is 0.743. The van der Waals surface area contributed by atoms with Crippen molar-refractivity contribution in [1.29, 1.82) is 0 Å². The number of halogens is 1. The Bertz CT molecular complexity index is 769. The van der Waals surface area contributed by atoms with E-state index in [9.17, 15) is 13.2 Å². The average Bonchev–Trinajstić information content (AvgIpc) is 2.38. The minimum Gasteiger partial charge on any atom is -0.398 e. The molecule has 0 radical (unpaired) electrons. The molecule has 2 rings (SSSR count). The Kier molecular flexibility index (Phi) is 4.06. The smallest absolute Gasteiger partial charge is 0.265 e. The summed E-state index contributed by atoms with van der Waals surface area (Å²) in [4.78, 5) is 10.8. The Balaban J connectivity index is 2.35. The van der Waals surface area contributed by atoms with E-state index in [0.717, 1.165) is 0 Å². The van der Waals surface area contributed by atoms with Gasteiger partial charge in [-0.05, 0) is 36.4 Å². The molecule has 2 aromatic carbocycles. The Morgan fingerprint density at radius 1 is 1.10 bits per heavy atom. The molecule has 0 aliphatic heterocycles. The first-order chi connectivity index (χ1) is 9.81. The molecule has 0 atom stereocenters. The maximum Gasteiger partial charge on any atom is 0.265 e. The molecule has 1 amide bonds.